The summed E-state index contributed by atoms with van der Waals surface area (Å²) in [5, 5.41) is 12.5. The molecular weight excluding hydrogens is 496 g/mol. The van der Waals surface area contributed by atoms with Crippen molar-refractivity contribution in [1.29, 1.82) is 5.26 Å². The monoisotopic (exact) mass is 536 g/mol. The lowest BCUT2D eigenvalue weighted by molar-refractivity contribution is -0.128. The molecule has 0 bridgehead atoms. The van der Waals surface area contributed by atoms with E-state index >= 15 is 0 Å². The maximum Gasteiger partial charge on any atom is 0.226 e. The molecule has 0 saturated heterocycles. The number of fused-ring (bicyclic) bond motifs is 1. The highest BCUT2D eigenvalue weighted by Crippen LogP contribution is 2.60. The van der Waals surface area contributed by atoms with E-state index in [0.717, 1.165) is 48.1 Å². The molecule has 208 valence electrons. The van der Waals surface area contributed by atoms with E-state index in [0.29, 0.717) is 12.8 Å². The number of allylic oxidation sites excluding steroid dienone is 6. The third-order valence-corrected chi connectivity index (χ3v) is 9.03. The molecule has 0 radical (unpaired) electrons. The van der Waals surface area contributed by atoms with Gasteiger partial charge in [0.15, 0.2) is 0 Å². The lowest BCUT2D eigenvalue weighted by Crippen LogP contribution is -2.28. The fourth-order valence-electron chi connectivity index (χ4n) is 6.29. The predicted octanol–water partition coefficient (Wildman–Crippen LogP) is 6.41. The number of nitrogens with one attached hydrogen (secondary N) is 1. The summed E-state index contributed by atoms with van der Waals surface area (Å²) in [7, 11) is 1.85. The van der Waals surface area contributed by atoms with Crippen molar-refractivity contribution in [2.45, 2.75) is 76.2 Å². The van der Waals surface area contributed by atoms with Gasteiger partial charge >= 0.3 is 0 Å². The molecule has 5 rings (SSSR count). The first-order valence-electron chi connectivity index (χ1n) is 14.2. The Labute approximate surface area is 239 Å². The Hall–Kier alpha value is -3.98. The van der Waals surface area contributed by atoms with Crippen molar-refractivity contribution in [3.63, 3.8) is 0 Å². The van der Waals surface area contributed by atoms with E-state index < -0.39 is 5.41 Å². The summed E-state index contributed by atoms with van der Waals surface area (Å²) < 4.78 is 0. The zero-order valence-corrected chi connectivity index (χ0v) is 24.0. The molecule has 0 aromatic heterocycles. The average Bonchev–Trinajstić information content (AvgIpc) is 3.70. The molecule has 6 nitrogen and oxygen atoms in total. The van der Waals surface area contributed by atoms with E-state index in [1.165, 1.54) is 16.7 Å². The molecule has 1 N–H and O–H groups in total. The number of dihydropyridines is 1. The van der Waals surface area contributed by atoms with Crippen molar-refractivity contribution < 1.29 is 11.0 Å². The van der Waals surface area contributed by atoms with Crippen molar-refractivity contribution in [1.82, 2.24) is 10.2 Å². The smallest absolute Gasteiger partial charge is 0.226 e. The fourth-order valence-corrected chi connectivity index (χ4v) is 6.29. The van der Waals surface area contributed by atoms with Gasteiger partial charge in [0.1, 0.15) is 0 Å². The first-order chi connectivity index (χ1) is 19.1. The summed E-state index contributed by atoms with van der Waals surface area (Å²) in [4.78, 5) is 31.5. The predicted molar refractivity (Wildman–Crippen MR) is 160 cm³/mol. The van der Waals surface area contributed by atoms with Gasteiger partial charge < -0.3 is 10.2 Å². The summed E-state index contributed by atoms with van der Waals surface area (Å²) in [6, 6.07) is 10.7. The van der Waals surface area contributed by atoms with Crippen molar-refractivity contribution >= 4 is 18.0 Å². The summed E-state index contributed by atoms with van der Waals surface area (Å²) in [5.41, 5.74) is 6.77. The molecule has 3 unspecified atom stereocenters. The van der Waals surface area contributed by atoms with Gasteiger partial charge in [-0.15, -0.1) is 0 Å². The van der Waals surface area contributed by atoms with E-state index in [2.05, 4.69) is 54.4 Å². The summed E-state index contributed by atoms with van der Waals surface area (Å²) in [5.74, 6) is 0.584. The third-order valence-electron chi connectivity index (χ3n) is 9.03. The Morgan fingerprint density at radius 2 is 2.00 bits per heavy atom. The normalized spacial score (nSPS) is 28.4. The number of benzene rings is 1. The van der Waals surface area contributed by atoms with Crippen molar-refractivity contribution in [3.8, 4) is 6.07 Å². The van der Waals surface area contributed by atoms with Gasteiger partial charge in [0.2, 0.25) is 11.8 Å². The maximum atomic E-state index is 12.9. The molecule has 1 aromatic rings. The van der Waals surface area contributed by atoms with Crippen LogP contribution in [-0.2, 0) is 15.0 Å². The van der Waals surface area contributed by atoms with Crippen LogP contribution in [-0.4, -0.2) is 35.5 Å². The second kappa shape index (κ2) is 10.5. The highest BCUT2D eigenvalue weighted by atomic mass is 16.2. The van der Waals surface area contributed by atoms with Crippen LogP contribution in [0.25, 0.3) is 0 Å². The zero-order chi connectivity index (χ0) is 28.7. The lowest BCUT2D eigenvalue weighted by Gasteiger charge is -2.30. The maximum absolute atomic E-state index is 12.9. The first kappa shape index (κ1) is 27.6. The molecular formula is C34H40N4O2. The minimum Gasteiger partial charge on any atom is -0.330 e. The van der Waals surface area contributed by atoms with Gasteiger partial charge in [-0.05, 0) is 97.9 Å². The Morgan fingerprint density at radius 3 is 2.67 bits per heavy atom. The number of carbonyl (C=O) groups is 2. The minimum absolute atomic E-state index is 0. The SMILES string of the molecule is C=C/C(=C\C1=C(C)NC(=O)CC1)C1=CC=NC2(/C3=C/N(C)C(=O)CCC(c4ccc(C(C)(C)C#N)cc4)C3)CC12.[HH]. The Morgan fingerprint density at radius 1 is 1.25 bits per heavy atom. The number of nitrogens with zero attached hydrogens (tertiary/aromatic N) is 3. The van der Waals surface area contributed by atoms with Crippen LogP contribution in [0.4, 0.5) is 0 Å². The van der Waals surface area contributed by atoms with Crippen LogP contribution < -0.4 is 5.32 Å². The van der Waals surface area contributed by atoms with Crippen LogP contribution in [0.15, 0.2) is 88.3 Å². The highest BCUT2D eigenvalue weighted by Gasteiger charge is 2.59. The molecule has 3 atom stereocenters. The van der Waals surface area contributed by atoms with Crippen LogP contribution in [0.5, 0.6) is 0 Å². The van der Waals surface area contributed by atoms with E-state index in [9.17, 15) is 14.9 Å². The Balaban J connectivity index is 0.00000387. The molecule has 0 spiro atoms. The van der Waals surface area contributed by atoms with Crippen LogP contribution in [0.1, 0.15) is 77.8 Å². The molecule has 4 aliphatic rings. The van der Waals surface area contributed by atoms with E-state index in [4.69, 9.17) is 4.99 Å². The number of hydrogen-bond acceptors (Lipinski definition) is 4. The summed E-state index contributed by atoms with van der Waals surface area (Å²) >= 11 is 0. The number of carbonyl (C=O) groups excluding carboxylic acids is 2. The minimum atomic E-state index is -0.545. The topological polar surface area (TPSA) is 85.6 Å². The number of aliphatic imine (C=N–C) groups is 1. The standard InChI is InChI=1S/C34H38N4O2.H2/c1-6-23(17-25-9-13-31(39)37-22(25)2)29-15-16-36-34(19-30(29)34)28-18-26(10-14-32(40)38(5)20-28)24-7-11-27(12-8-24)33(3,4)21-35;/h6-8,11-12,15-17,20,26,30H,1,9-10,13-14,18-19H2,2-5H3,(H,37,39);1H/b23-17+,28-20+;. The Kier molecular flexibility index (Phi) is 7.27. The van der Waals surface area contributed by atoms with Crippen LogP contribution in [0.3, 0.4) is 0 Å². The van der Waals surface area contributed by atoms with Gasteiger partial charge in [-0.1, -0.05) is 36.9 Å². The molecule has 40 heavy (non-hydrogen) atoms. The van der Waals surface area contributed by atoms with Gasteiger partial charge in [-0.3, -0.25) is 14.6 Å². The molecule has 6 heteroatoms. The molecule has 1 saturated carbocycles. The molecule has 3 heterocycles. The largest absolute Gasteiger partial charge is 0.330 e. The first-order valence-corrected chi connectivity index (χ1v) is 14.2. The second-order valence-corrected chi connectivity index (χ2v) is 12.0. The molecule has 1 aromatic carbocycles. The van der Waals surface area contributed by atoms with Gasteiger partial charge in [0.25, 0.3) is 0 Å². The van der Waals surface area contributed by atoms with Gasteiger partial charge in [-0.25, -0.2) is 0 Å². The summed E-state index contributed by atoms with van der Waals surface area (Å²) in [6.07, 6.45) is 14.3. The second-order valence-electron chi connectivity index (χ2n) is 12.0. The van der Waals surface area contributed by atoms with E-state index in [-0.39, 0.29) is 30.6 Å². The van der Waals surface area contributed by atoms with Gasteiger partial charge in [0, 0.05) is 45.3 Å². The average molecular weight is 537 g/mol. The number of nitriles is 1. The molecule has 3 aliphatic heterocycles. The number of hydrogen-bond donors (Lipinski definition) is 1. The molecule has 1 fully saturated rings. The van der Waals surface area contributed by atoms with Crippen molar-refractivity contribution in [3.05, 3.63) is 94.4 Å². The van der Waals surface area contributed by atoms with Crippen LogP contribution in [0, 0.1) is 17.2 Å². The zero-order valence-electron chi connectivity index (χ0n) is 24.0. The number of rotatable bonds is 6. The highest BCUT2D eigenvalue weighted by molar-refractivity contribution is 5.82. The quantitative estimate of drug-likeness (QED) is 0.426. The lowest BCUT2D eigenvalue weighted by atomic mass is 9.80. The van der Waals surface area contributed by atoms with Gasteiger partial charge in [0.05, 0.1) is 17.0 Å². The van der Waals surface area contributed by atoms with Crippen molar-refractivity contribution in [2.75, 3.05) is 7.05 Å². The van der Waals surface area contributed by atoms with Gasteiger partial charge in [-0.2, -0.15) is 5.26 Å². The van der Waals surface area contributed by atoms with E-state index in [1.807, 2.05) is 46.3 Å². The number of amides is 2. The van der Waals surface area contributed by atoms with Crippen LogP contribution in [0.2, 0.25) is 0 Å². The molecule has 2 amide bonds. The van der Waals surface area contributed by atoms with E-state index in [1.54, 1.807) is 4.90 Å². The van der Waals surface area contributed by atoms with Crippen molar-refractivity contribution in [2.24, 2.45) is 10.9 Å². The summed E-state index contributed by atoms with van der Waals surface area (Å²) in [6.45, 7) is 9.92. The van der Waals surface area contributed by atoms with Crippen LogP contribution >= 0.6 is 0 Å². The molecule has 1 aliphatic carbocycles. The Bertz CT molecular complexity index is 1450. The third kappa shape index (κ3) is 5.13. The fraction of sp³-hybridized carbons (Fsp3) is 0.412.